The second-order valence-electron chi connectivity index (χ2n) is 9.67. The highest BCUT2D eigenvalue weighted by Crippen LogP contribution is 2.37. The van der Waals surface area contributed by atoms with Gasteiger partial charge in [-0.1, -0.05) is 91.7 Å². The quantitative estimate of drug-likeness (QED) is 0.261. The number of amides is 4. The lowest BCUT2D eigenvalue weighted by molar-refractivity contribution is -0.131. The fourth-order valence-corrected chi connectivity index (χ4v) is 5.52. The zero-order chi connectivity index (χ0) is 26.1. The summed E-state index contributed by atoms with van der Waals surface area (Å²) in [5.74, 6) is -1.19. The van der Waals surface area contributed by atoms with Crippen molar-refractivity contribution in [1.82, 2.24) is 14.8 Å². The van der Waals surface area contributed by atoms with Gasteiger partial charge in [-0.3, -0.25) is 19.8 Å². The normalized spacial score (nSPS) is 17.3. The molecule has 1 saturated carbocycles. The van der Waals surface area contributed by atoms with Gasteiger partial charge in [-0.25, -0.2) is 4.79 Å². The number of nitrogens with zero attached hydrogens (tertiary/aromatic N) is 2. The molecule has 2 aliphatic rings. The molecule has 4 amide bonds. The van der Waals surface area contributed by atoms with Gasteiger partial charge < -0.3 is 4.57 Å². The molecule has 3 aromatic carbocycles. The summed E-state index contributed by atoms with van der Waals surface area (Å²) in [6.07, 6.45) is 5.09. The van der Waals surface area contributed by atoms with E-state index in [1.807, 2.05) is 97.1 Å². The minimum Gasteiger partial charge on any atom is -0.309 e. The number of aromatic nitrogens is 1. The molecule has 1 aliphatic heterocycles. The first-order valence-electron chi connectivity index (χ1n) is 12.9. The predicted molar refractivity (Wildman–Crippen MR) is 147 cm³/mol. The van der Waals surface area contributed by atoms with Crippen LogP contribution in [0, 0.1) is 0 Å². The Morgan fingerprint density at radius 2 is 1.32 bits per heavy atom. The van der Waals surface area contributed by atoms with E-state index in [2.05, 4.69) is 9.88 Å². The van der Waals surface area contributed by atoms with Gasteiger partial charge in [0, 0.05) is 17.3 Å². The maximum Gasteiger partial charge on any atom is 0.331 e. The highest BCUT2D eigenvalue weighted by Gasteiger charge is 2.41. The molecule has 1 saturated heterocycles. The largest absolute Gasteiger partial charge is 0.331 e. The molecule has 2 heterocycles. The molecule has 0 spiro atoms. The monoisotopic (exact) mass is 501 g/mol. The lowest BCUT2D eigenvalue weighted by Crippen LogP contribution is -2.57. The molecule has 6 heteroatoms. The number of urea groups is 1. The van der Waals surface area contributed by atoms with Crippen LogP contribution in [0.25, 0.3) is 34.3 Å². The molecule has 0 atom stereocenters. The van der Waals surface area contributed by atoms with E-state index < -0.39 is 17.8 Å². The average molecular weight is 502 g/mol. The topological polar surface area (TPSA) is 71.4 Å². The van der Waals surface area contributed by atoms with E-state index in [0.717, 1.165) is 59.4 Å². The number of carbonyl (C=O) groups is 3. The smallest absolute Gasteiger partial charge is 0.309 e. The number of barbiturate groups is 1. The molecular formula is C32H27N3O3. The Bertz CT molecular complexity index is 1530. The molecule has 0 bridgehead atoms. The molecule has 1 N–H and O–H groups in total. The molecule has 1 aromatic heterocycles. The van der Waals surface area contributed by atoms with Gasteiger partial charge in [-0.05, 0) is 48.2 Å². The fraction of sp³-hybridized carbons (Fsp3) is 0.156. The van der Waals surface area contributed by atoms with Crippen molar-refractivity contribution in [1.29, 1.82) is 0 Å². The second kappa shape index (κ2) is 9.98. The first-order valence-corrected chi connectivity index (χ1v) is 12.9. The zero-order valence-electron chi connectivity index (χ0n) is 20.8. The molecule has 4 aromatic rings. The van der Waals surface area contributed by atoms with Gasteiger partial charge in [0.2, 0.25) is 0 Å². The van der Waals surface area contributed by atoms with Crippen LogP contribution in [0.1, 0.15) is 31.2 Å². The van der Waals surface area contributed by atoms with Crippen LogP contribution in [0.15, 0.2) is 103 Å². The lowest BCUT2D eigenvalue weighted by atomic mass is 10.0. The van der Waals surface area contributed by atoms with Gasteiger partial charge in [0.1, 0.15) is 5.57 Å². The molecule has 6 nitrogen and oxygen atoms in total. The van der Waals surface area contributed by atoms with Crippen molar-refractivity contribution in [3.05, 3.63) is 108 Å². The standard InChI is InChI=1S/C32H27N3O3/c36-30-27(31(37)35(32(38)33-30)26-18-10-11-19-26)20-24-21-28(22-12-4-1-5-13-22)34(25-16-8-3-9-17-25)29(24)23-14-6-2-7-15-23/h1-9,12-17,20-21,26H,10-11,18-19H2,(H,33,36,38)/b27-20-. The van der Waals surface area contributed by atoms with E-state index >= 15 is 0 Å². The Labute approximate surface area is 221 Å². The first-order chi connectivity index (χ1) is 18.6. The Morgan fingerprint density at radius 3 is 1.95 bits per heavy atom. The van der Waals surface area contributed by atoms with Gasteiger partial charge in [-0.15, -0.1) is 0 Å². The third kappa shape index (κ3) is 4.24. The minimum absolute atomic E-state index is 0.0292. The van der Waals surface area contributed by atoms with Crippen molar-refractivity contribution in [3.8, 4) is 28.2 Å². The van der Waals surface area contributed by atoms with E-state index in [-0.39, 0.29) is 11.6 Å². The van der Waals surface area contributed by atoms with Gasteiger partial charge in [0.25, 0.3) is 11.8 Å². The van der Waals surface area contributed by atoms with Crippen LogP contribution >= 0.6 is 0 Å². The molecular weight excluding hydrogens is 474 g/mol. The molecule has 188 valence electrons. The number of para-hydroxylation sites is 1. The summed E-state index contributed by atoms with van der Waals surface area (Å²) in [4.78, 5) is 40.5. The number of carbonyl (C=O) groups excluding carboxylic acids is 3. The summed E-state index contributed by atoms with van der Waals surface area (Å²) in [5, 5.41) is 2.40. The van der Waals surface area contributed by atoms with Crippen molar-refractivity contribution < 1.29 is 14.4 Å². The van der Waals surface area contributed by atoms with Crippen molar-refractivity contribution in [2.45, 2.75) is 31.7 Å². The van der Waals surface area contributed by atoms with Gasteiger partial charge in [-0.2, -0.15) is 0 Å². The van der Waals surface area contributed by atoms with Gasteiger partial charge >= 0.3 is 6.03 Å². The highest BCUT2D eigenvalue weighted by molar-refractivity contribution is 6.31. The summed E-state index contributed by atoms with van der Waals surface area (Å²) in [6.45, 7) is 0. The van der Waals surface area contributed by atoms with Crippen molar-refractivity contribution >= 4 is 23.9 Å². The third-order valence-corrected chi connectivity index (χ3v) is 7.28. The SMILES string of the molecule is O=C1NC(=O)N(C2CCCC2)C(=O)/C1=C\c1cc(-c2ccccc2)n(-c2ccccc2)c1-c1ccccc1. The van der Waals surface area contributed by atoms with E-state index in [1.165, 1.54) is 4.90 Å². The number of nitrogens with one attached hydrogen (secondary N) is 1. The molecule has 1 aliphatic carbocycles. The Balaban J connectivity index is 1.58. The minimum atomic E-state index is -0.665. The summed E-state index contributed by atoms with van der Waals surface area (Å²) in [7, 11) is 0. The van der Waals surface area contributed by atoms with Crippen molar-refractivity contribution in [3.63, 3.8) is 0 Å². The maximum absolute atomic E-state index is 13.6. The van der Waals surface area contributed by atoms with Crippen molar-refractivity contribution in [2.75, 3.05) is 0 Å². The average Bonchev–Trinajstić information content (AvgIpc) is 3.61. The summed E-state index contributed by atoms with van der Waals surface area (Å²) < 4.78 is 2.15. The fourth-order valence-electron chi connectivity index (χ4n) is 5.52. The number of benzene rings is 3. The first kappa shape index (κ1) is 23.7. The number of hydrogen-bond acceptors (Lipinski definition) is 3. The second-order valence-corrected chi connectivity index (χ2v) is 9.67. The van der Waals surface area contributed by atoms with Crippen molar-refractivity contribution in [2.24, 2.45) is 0 Å². The lowest BCUT2D eigenvalue weighted by Gasteiger charge is -2.31. The van der Waals surface area contributed by atoms with Crippen LogP contribution in [0.2, 0.25) is 0 Å². The zero-order valence-corrected chi connectivity index (χ0v) is 20.8. The van der Waals surface area contributed by atoms with Crippen LogP contribution in [0.4, 0.5) is 4.79 Å². The van der Waals surface area contributed by atoms with Crippen LogP contribution in [-0.2, 0) is 9.59 Å². The number of hydrogen-bond donors (Lipinski definition) is 1. The summed E-state index contributed by atoms with van der Waals surface area (Å²) in [5.41, 5.74) is 5.37. The molecule has 0 radical (unpaired) electrons. The van der Waals surface area contributed by atoms with Crippen LogP contribution < -0.4 is 5.32 Å². The molecule has 0 unspecified atom stereocenters. The predicted octanol–water partition coefficient (Wildman–Crippen LogP) is 6.22. The van der Waals surface area contributed by atoms with E-state index in [4.69, 9.17) is 0 Å². The van der Waals surface area contributed by atoms with Gasteiger partial charge in [0.05, 0.1) is 11.4 Å². The van der Waals surface area contributed by atoms with E-state index in [9.17, 15) is 14.4 Å². The summed E-state index contributed by atoms with van der Waals surface area (Å²) >= 11 is 0. The van der Waals surface area contributed by atoms with E-state index in [1.54, 1.807) is 6.08 Å². The van der Waals surface area contributed by atoms with Crippen LogP contribution in [0.5, 0.6) is 0 Å². The highest BCUT2D eigenvalue weighted by atomic mass is 16.2. The number of imide groups is 2. The molecule has 38 heavy (non-hydrogen) atoms. The third-order valence-electron chi connectivity index (χ3n) is 7.28. The Hall–Kier alpha value is -4.71. The Kier molecular flexibility index (Phi) is 6.22. The van der Waals surface area contributed by atoms with Gasteiger partial charge in [0.15, 0.2) is 0 Å². The molecule has 6 rings (SSSR count). The summed E-state index contributed by atoms with van der Waals surface area (Å²) in [6, 6.07) is 31.2. The maximum atomic E-state index is 13.6. The number of rotatable bonds is 5. The van der Waals surface area contributed by atoms with Crippen LogP contribution in [-0.4, -0.2) is 33.4 Å². The van der Waals surface area contributed by atoms with Crippen LogP contribution in [0.3, 0.4) is 0 Å². The van der Waals surface area contributed by atoms with E-state index in [0.29, 0.717) is 0 Å². The molecule has 2 fully saturated rings. The Morgan fingerprint density at radius 1 is 0.737 bits per heavy atom.